The maximum atomic E-state index is 12.2. The van der Waals surface area contributed by atoms with Gasteiger partial charge in [-0.05, 0) is 124 Å². The Morgan fingerprint density at radius 3 is 2.59 bits per heavy atom. The Bertz CT molecular complexity index is 657. The smallest absolute Gasteiger partial charge is 0.219 e. The summed E-state index contributed by atoms with van der Waals surface area (Å²) in [4.78, 5) is 12.2. The predicted octanol–water partition coefficient (Wildman–Crippen LogP) is 4.00. The molecule has 9 atom stereocenters. The lowest BCUT2D eigenvalue weighted by Crippen LogP contribution is -2.58. The van der Waals surface area contributed by atoms with Crippen LogP contribution in [0.1, 0.15) is 97.3 Å². The van der Waals surface area contributed by atoms with Gasteiger partial charge in [0.25, 0.3) is 0 Å². The second kappa shape index (κ2) is 9.92. The molecular weight excluding hydrogens is 400 g/mol. The third-order valence-electron chi connectivity index (χ3n) is 10.8. The molecule has 4 saturated carbocycles. The Hall–Kier alpha value is -0.650. The molecule has 5 N–H and O–H groups in total. The summed E-state index contributed by atoms with van der Waals surface area (Å²) < 4.78 is 0. The zero-order valence-electron chi connectivity index (χ0n) is 20.5. The molecule has 0 spiro atoms. The summed E-state index contributed by atoms with van der Waals surface area (Å²) in [6, 6.07) is 0. The standard InChI is InChI=1S/C27H48N2O3/c1-26-13-12-20(30)16-19(26)8-10-21-22-11-9-18(27(22,2)24(31)17-23(21)26)6-5-7-25(32)29-15-4-3-14-28/h18-24,30-31H,3-17,28H2,1-2H3,(H,29,32)/t18-,19?,20+,21?,22?,23?,24-,26-,27+/m0/s1. The first-order valence-electron chi connectivity index (χ1n) is 13.6. The highest BCUT2D eigenvalue weighted by Crippen LogP contribution is 2.67. The van der Waals surface area contributed by atoms with Crippen LogP contribution in [0.4, 0.5) is 0 Å². The topological polar surface area (TPSA) is 95.6 Å². The molecule has 1 amide bonds. The van der Waals surface area contributed by atoms with Gasteiger partial charge in [-0.1, -0.05) is 13.8 Å². The van der Waals surface area contributed by atoms with Crippen LogP contribution in [0.3, 0.4) is 0 Å². The number of aliphatic hydroxyl groups excluding tert-OH is 2. The SMILES string of the molecule is C[C@]12CC[C@@H](O)CC1CCC1C2C[C@H](O)[C@@]2(C)C1CC[C@@H]2CCCC(=O)NCCCCN. The van der Waals surface area contributed by atoms with Crippen molar-refractivity contribution in [3.63, 3.8) is 0 Å². The Morgan fingerprint density at radius 1 is 1.00 bits per heavy atom. The number of carbonyl (C=O) groups is 1. The minimum absolute atomic E-state index is 0.0101. The van der Waals surface area contributed by atoms with Crippen molar-refractivity contribution < 1.29 is 15.0 Å². The van der Waals surface area contributed by atoms with Crippen LogP contribution in [0.5, 0.6) is 0 Å². The molecule has 4 rings (SSSR count). The number of nitrogens with two attached hydrogens (primary N) is 1. The minimum Gasteiger partial charge on any atom is -0.393 e. The van der Waals surface area contributed by atoms with E-state index in [9.17, 15) is 15.0 Å². The van der Waals surface area contributed by atoms with Gasteiger partial charge >= 0.3 is 0 Å². The largest absolute Gasteiger partial charge is 0.393 e. The van der Waals surface area contributed by atoms with Gasteiger partial charge in [0.1, 0.15) is 0 Å². The summed E-state index contributed by atoms with van der Waals surface area (Å²) >= 11 is 0. The molecule has 4 aliphatic rings. The van der Waals surface area contributed by atoms with Gasteiger partial charge in [0.15, 0.2) is 0 Å². The summed E-state index contributed by atoms with van der Waals surface area (Å²) in [5.74, 6) is 3.29. The number of carbonyl (C=O) groups excluding carboxylic acids is 1. The number of fused-ring (bicyclic) bond motifs is 5. The van der Waals surface area contributed by atoms with Gasteiger partial charge < -0.3 is 21.3 Å². The Kier molecular flexibility index (Phi) is 7.58. The highest BCUT2D eigenvalue weighted by atomic mass is 16.3. The van der Waals surface area contributed by atoms with E-state index >= 15 is 0 Å². The highest BCUT2D eigenvalue weighted by molar-refractivity contribution is 5.75. The molecule has 5 heteroatoms. The molecule has 4 aliphatic carbocycles. The second-order valence-corrected chi connectivity index (χ2v) is 12.2. The molecule has 0 heterocycles. The van der Waals surface area contributed by atoms with Crippen LogP contribution in [-0.4, -0.2) is 41.4 Å². The summed E-state index contributed by atoms with van der Waals surface area (Å²) in [5, 5.41) is 24.8. The molecule has 4 fully saturated rings. The van der Waals surface area contributed by atoms with E-state index in [1.54, 1.807) is 0 Å². The number of amides is 1. The molecule has 0 aromatic carbocycles. The number of aliphatic hydroxyl groups is 2. The summed E-state index contributed by atoms with van der Waals surface area (Å²) in [6.45, 7) is 6.28. The van der Waals surface area contributed by atoms with Crippen molar-refractivity contribution in [2.45, 2.75) is 110 Å². The third kappa shape index (κ3) is 4.38. The normalized spacial score (nSPS) is 45.6. The van der Waals surface area contributed by atoms with Gasteiger partial charge in [-0.25, -0.2) is 0 Å². The maximum Gasteiger partial charge on any atom is 0.219 e. The number of hydrogen-bond donors (Lipinski definition) is 4. The number of hydrogen-bond acceptors (Lipinski definition) is 4. The van der Waals surface area contributed by atoms with Crippen LogP contribution in [-0.2, 0) is 4.79 Å². The van der Waals surface area contributed by atoms with Crippen molar-refractivity contribution >= 4 is 5.91 Å². The summed E-state index contributed by atoms with van der Waals surface area (Å²) in [6.07, 6.45) is 13.1. The molecule has 4 unspecified atom stereocenters. The van der Waals surface area contributed by atoms with E-state index in [0.717, 1.165) is 63.8 Å². The van der Waals surface area contributed by atoms with Crippen molar-refractivity contribution in [1.82, 2.24) is 5.32 Å². The molecule has 0 saturated heterocycles. The predicted molar refractivity (Wildman–Crippen MR) is 128 cm³/mol. The Balaban J connectivity index is 1.35. The van der Waals surface area contributed by atoms with Gasteiger partial charge in [-0.2, -0.15) is 0 Å². The van der Waals surface area contributed by atoms with E-state index in [1.807, 2.05) is 0 Å². The molecule has 0 bridgehead atoms. The van der Waals surface area contributed by atoms with E-state index in [2.05, 4.69) is 19.2 Å². The van der Waals surface area contributed by atoms with Gasteiger partial charge in [0, 0.05) is 13.0 Å². The number of rotatable bonds is 8. The summed E-state index contributed by atoms with van der Waals surface area (Å²) in [7, 11) is 0. The van der Waals surface area contributed by atoms with E-state index in [0.29, 0.717) is 42.1 Å². The minimum atomic E-state index is -0.228. The first kappa shape index (κ1) is 24.5. The molecule has 0 aliphatic heterocycles. The van der Waals surface area contributed by atoms with Gasteiger partial charge in [-0.3, -0.25) is 4.79 Å². The third-order valence-corrected chi connectivity index (χ3v) is 10.8. The average molecular weight is 449 g/mol. The van der Waals surface area contributed by atoms with Crippen molar-refractivity contribution in [3.8, 4) is 0 Å². The molecule has 5 nitrogen and oxygen atoms in total. The van der Waals surface area contributed by atoms with Crippen LogP contribution in [0.2, 0.25) is 0 Å². The van der Waals surface area contributed by atoms with Crippen molar-refractivity contribution in [3.05, 3.63) is 0 Å². The van der Waals surface area contributed by atoms with Crippen molar-refractivity contribution in [1.29, 1.82) is 0 Å². The van der Waals surface area contributed by atoms with Crippen LogP contribution >= 0.6 is 0 Å². The number of nitrogens with one attached hydrogen (secondary N) is 1. The first-order chi connectivity index (χ1) is 15.3. The lowest BCUT2D eigenvalue weighted by molar-refractivity contribution is -0.171. The van der Waals surface area contributed by atoms with E-state index in [-0.39, 0.29) is 23.5 Å². The Labute approximate surface area is 195 Å². The number of unbranched alkanes of at least 4 members (excludes halogenated alkanes) is 1. The molecule has 0 aromatic heterocycles. The van der Waals surface area contributed by atoms with Gasteiger partial charge in [0.2, 0.25) is 5.91 Å². The lowest BCUT2D eigenvalue weighted by atomic mass is 9.44. The molecule has 32 heavy (non-hydrogen) atoms. The van der Waals surface area contributed by atoms with Crippen molar-refractivity contribution in [2.24, 2.45) is 46.2 Å². The van der Waals surface area contributed by atoms with Crippen LogP contribution in [0, 0.1) is 40.4 Å². The van der Waals surface area contributed by atoms with Gasteiger partial charge in [0.05, 0.1) is 12.2 Å². The van der Waals surface area contributed by atoms with Crippen LogP contribution in [0.15, 0.2) is 0 Å². The molecular formula is C27H48N2O3. The van der Waals surface area contributed by atoms with E-state index < -0.39 is 0 Å². The van der Waals surface area contributed by atoms with E-state index in [4.69, 9.17) is 5.73 Å². The zero-order chi connectivity index (χ0) is 22.9. The summed E-state index contributed by atoms with van der Waals surface area (Å²) in [5.41, 5.74) is 5.82. The van der Waals surface area contributed by atoms with Crippen molar-refractivity contribution in [2.75, 3.05) is 13.1 Å². The second-order valence-electron chi connectivity index (χ2n) is 12.2. The molecule has 184 valence electrons. The monoisotopic (exact) mass is 448 g/mol. The first-order valence-corrected chi connectivity index (χ1v) is 13.6. The highest BCUT2D eigenvalue weighted by Gasteiger charge is 2.62. The maximum absolute atomic E-state index is 12.2. The van der Waals surface area contributed by atoms with E-state index in [1.165, 1.54) is 25.7 Å². The van der Waals surface area contributed by atoms with Gasteiger partial charge in [-0.15, -0.1) is 0 Å². The lowest BCUT2D eigenvalue weighted by Gasteiger charge is -2.62. The average Bonchev–Trinajstić information content (AvgIpc) is 3.10. The van der Waals surface area contributed by atoms with Crippen LogP contribution < -0.4 is 11.1 Å². The van der Waals surface area contributed by atoms with Crippen LogP contribution in [0.25, 0.3) is 0 Å². The fourth-order valence-electron chi connectivity index (χ4n) is 8.89. The fraction of sp³-hybridized carbons (Fsp3) is 0.963. The zero-order valence-corrected chi connectivity index (χ0v) is 20.5. The Morgan fingerprint density at radius 2 is 1.81 bits per heavy atom. The fourth-order valence-corrected chi connectivity index (χ4v) is 8.89. The molecule has 0 aromatic rings. The quantitative estimate of drug-likeness (QED) is 0.422. The molecule has 0 radical (unpaired) electrons.